The van der Waals surface area contributed by atoms with Crippen LogP contribution in [-0.2, 0) is 14.3 Å². The fourth-order valence-electron chi connectivity index (χ4n) is 3.37. The second-order valence-corrected chi connectivity index (χ2v) is 6.66. The first kappa shape index (κ1) is 22.1. The van der Waals surface area contributed by atoms with E-state index in [4.69, 9.17) is 14.6 Å². The number of ether oxygens (including phenoxy) is 1. The van der Waals surface area contributed by atoms with Gasteiger partial charge >= 0.3 is 5.97 Å². The summed E-state index contributed by atoms with van der Waals surface area (Å²) in [5.74, 6) is -0.281. The van der Waals surface area contributed by atoms with Crippen LogP contribution in [0.1, 0.15) is 29.6 Å². The van der Waals surface area contributed by atoms with Crippen molar-refractivity contribution in [1.82, 2.24) is 19.8 Å². The molecular weight excluding hydrogens is 376 g/mol. The highest BCUT2D eigenvalue weighted by atomic mass is 16.5. The number of hydrogen-bond acceptors (Lipinski definition) is 6. The molecule has 0 aliphatic carbocycles. The number of carbonyl (C=O) groups excluding carboxylic acids is 2. The molecule has 2 atom stereocenters. The van der Waals surface area contributed by atoms with Gasteiger partial charge in [-0.1, -0.05) is 0 Å². The Morgan fingerprint density at radius 3 is 2.52 bits per heavy atom. The van der Waals surface area contributed by atoms with E-state index >= 15 is 0 Å². The number of hydrogen-bond donors (Lipinski definition) is 2. The van der Waals surface area contributed by atoms with Crippen LogP contribution in [0.2, 0.25) is 0 Å². The number of amides is 1. The fourth-order valence-corrected chi connectivity index (χ4v) is 3.37. The number of likely N-dealkylation sites (tertiary alicyclic amines) is 1. The lowest BCUT2D eigenvalue weighted by molar-refractivity contribution is -0.141. The van der Waals surface area contributed by atoms with Crippen LogP contribution in [0.15, 0.2) is 43.0 Å². The predicted molar refractivity (Wildman–Crippen MR) is 106 cm³/mol. The summed E-state index contributed by atoms with van der Waals surface area (Å²) in [5.41, 5.74) is 1.58. The van der Waals surface area contributed by atoms with Gasteiger partial charge in [0, 0.05) is 42.3 Å². The smallest absolute Gasteiger partial charge is 0.307 e. The van der Waals surface area contributed by atoms with Gasteiger partial charge in [0.2, 0.25) is 0 Å². The van der Waals surface area contributed by atoms with Crippen LogP contribution in [-0.4, -0.2) is 70.7 Å². The molecule has 2 N–H and O–H groups in total. The molecule has 2 aromatic rings. The molecule has 1 aliphatic rings. The van der Waals surface area contributed by atoms with Gasteiger partial charge in [-0.15, -0.1) is 0 Å². The Hall–Kier alpha value is -3.20. The number of nitrogens with one attached hydrogen (secondary N) is 1. The second-order valence-electron chi connectivity index (χ2n) is 6.66. The van der Waals surface area contributed by atoms with Gasteiger partial charge in [-0.2, -0.15) is 0 Å². The largest absolute Gasteiger partial charge is 0.483 e. The first-order chi connectivity index (χ1) is 14.0. The van der Waals surface area contributed by atoms with Gasteiger partial charge in [-0.25, -0.2) is 4.98 Å². The minimum absolute atomic E-state index is 0.0907. The van der Waals surface area contributed by atoms with Crippen molar-refractivity contribution in [1.29, 1.82) is 0 Å². The normalized spacial score (nSPS) is 18.4. The molecule has 0 unspecified atom stereocenters. The molecule has 0 saturated carbocycles. The maximum Gasteiger partial charge on any atom is 0.307 e. The Morgan fingerprint density at radius 2 is 1.93 bits per heavy atom. The van der Waals surface area contributed by atoms with Crippen LogP contribution in [0.5, 0.6) is 0 Å². The van der Waals surface area contributed by atoms with E-state index in [1.54, 1.807) is 12.5 Å². The summed E-state index contributed by atoms with van der Waals surface area (Å²) in [5, 5.41) is 9.89. The van der Waals surface area contributed by atoms with Crippen molar-refractivity contribution in [3.05, 3.63) is 48.5 Å². The van der Waals surface area contributed by atoms with E-state index in [9.17, 15) is 9.59 Å². The molecule has 0 bridgehead atoms. The lowest BCUT2D eigenvalue weighted by atomic mass is 10.1. The number of nitrogens with zero attached hydrogens (tertiary/aromatic N) is 3. The standard InChI is InChI=1S/C19H24N4O3.CH2O2/c1-22-16(11-18(24)26-2)7-8-17(22)12-21-19(25)14-3-5-15(6-4-14)23-10-9-20-13-23;2-1-3/h3-6,9-10,13,16-17H,7-8,11-12H2,1-2H3,(H,21,25);1H,(H,2,3)/t16-,17+;/m1./s1. The summed E-state index contributed by atoms with van der Waals surface area (Å²) in [6.07, 6.45) is 7.58. The molecule has 1 aliphatic heterocycles. The molecule has 1 saturated heterocycles. The van der Waals surface area contributed by atoms with Crippen LogP contribution in [0.4, 0.5) is 0 Å². The van der Waals surface area contributed by atoms with Crippen LogP contribution in [0.25, 0.3) is 5.69 Å². The van der Waals surface area contributed by atoms with Gasteiger partial charge < -0.3 is 19.7 Å². The third-order valence-corrected chi connectivity index (χ3v) is 5.05. The topological polar surface area (TPSA) is 114 Å². The van der Waals surface area contributed by atoms with Crippen molar-refractivity contribution in [2.75, 3.05) is 20.7 Å². The minimum atomic E-state index is -0.250. The van der Waals surface area contributed by atoms with E-state index in [1.165, 1.54) is 7.11 Å². The van der Waals surface area contributed by atoms with E-state index in [1.807, 2.05) is 42.1 Å². The minimum Gasteiger partial charge on any atom is -0.483 e. The maximum atomic E-state index is 12.4. The molecule has 9 heteroatoms. The zero-order chi connectivity index (χ0) is 21.2. The lowest BCUT2D eigenvalue weighted by Crippen LogP contribution is -2.41. The SMILES string of the molecule is COC(=O)C[C@H]1CC[C@@H](CNC(=O)c2ccc(-n3ccnc3)cc2)N1C.O=CO. The van der Waals surface area contributed by atoms with Gasteiger partial charge in [0.05, 0.1) is 19.9 Å². The Labute approximate surface area is 169 Å². The van der Waals surface area contributed by atoms with Gasteiger partial charge in [-0.05, 0) is 44.2 Å². The fraction of sp³-hybridized carbons (Fsp3) is 0.400. The second kappa shape index (κ2) is 11.0. The molecular formula is C20H26N4O5. The number of imidazole rings is 1. The number of carbonyl (C=O) groups is 3. The van der Waals surface area contributed by atoms with Crippen molar-refractivity contribution in [2.24, 2.45) is 0 Å². The van der Waals surface area contributed by atoms with E-state index in [2.05, 4.69) is 15.2 Å². The average molecular weight is 402 g/mol. The first-order valence-electron chi connectivity index (χ1n) is 9.23. The Kier molecular flexibility index (Phi) is 8.35. The van der Waals surface area contributed by atoms with Gasteiger partial charge in [0.15, 0.2) is 0 Å². The number of methoxy groups -OCH3 is 1. The summed E-state index contributed by atoms with van der Waals surface area (Å²) in [7, 11) is 3.41. The third kappa shape index (κ3) is 6.15. The van der Waals surface area contributed by atoms with Crippen LogP contribution in [0.3, 0.4) is 0 Å². The molecule has 1 aromatic carbocycles. The highest BCUT2D eigenvalue weighted by Crippen LogP contribution is 2.24. The lowest BCUT2D eigenvalue weighted by Gasteiger charge is -2.25. The third-order valence-electron chi connectivity index (χ3n) is 5.05. The van der Waals surface area contributed by atoms with Crippen molar-refractivity contribution in [3.8, 4) is 5.69 Å². The zero-order valence-corrected chi connectivity index (χ0v) is 16.5. The number of aromatic nitrogens is 2. The van der Waals surface area contributed by atoms with Crippen LogP contribution in [0, 0.1) is 0 Å². The molecule has 0 radical (unpaired) electrons. The predicted octanol–water partition coefficient (Wildman–Crippen LogP) is 1.33. The van der Waals surface area contributed by atoms with Crippen molar-refractivity contribution in [3.63, 3.8) is 0 Å². The molecule has 1 fully saturated rings. The van der Waals surface area contributed by atoms with Crippen molar-refractivity contribution in [2.45, 2.75) is 31.3 Å². The number of rotatable bonds is 6. The van der Waals surface area contributed by atoms with Gasteiger partial charge in [-0.3, -0.25) is 19.3 Å². The van der Waals surface area contributed by atoms with E-state index in [-0.39, 0.29) is 30.4 Å². The Balaban J connectivity index is 0.000000941. The average Bonchev–Trinajstić information content (AvgIpc) is 3.38. The van der Waals surface area contributed by atoms with Crippen LogP contribution < -0.4 is 5.32 Å². The summed E-state index contributed by atoms with van der Waals surface area (Å²) in [6, 6.07) is 7.82. The van der Waals surface area contributed by atoms with E-state index in [0.717, 1.165) is 18.5 Å². The highest BCUT2D eigenvalue weighted by molar-refractivity contribution is 5.94. The van der Waals surface area contributed by atoms with E-state index in [0.29, 0.717) is 18.5 Å². The first-order valence-corrected chi connectivity index (χ1v) is 9.23. The molecule has 0 spiro atoms. The molecule has 9 nitrogen and oxygen atoms in total. The summed E-state index contributed by atoms with van der Waals surface area (Å²) < 4.78 is 6.63. The number of carboxylic acid groups (broad SMARTS) is 1. The number of esters is 1. The Bertz CT molecular complexity index is 792. The Morgan fingerprint density at radius 1 is 1.28 bits per heavy atom. The summed E-state index contributed by atoms with van der Waals surface area (Å²) in [6.45, 7) is 0.316. The van der Waals surface area contributed by atoms with Crippen molar-refractivity contribution < 1.29 is 24.2 Å². The molecule has 1 aromatic heterocycles. The summed E-state index contributed by atoms with van der Waals surface area (Å²) in [4.78, 5) is 38.4. The van der Waals surface area contributed by atoms with Crippen molar-refractivity contribution >= 4 is 18.3 Å². The highest BCUT2D eigenvalue weighted by Gasteiger charge is 2.32. The van der Waals surface area contributed by atoms with Gasteiger partial charge in [0.1, 0.15) is 0 Å². The molecule has 3 rings (SSSR count). The molecule has 29 heavy (non-hydrogen) atoms. The zero-order valence-electron chi connectivity index (χ0n) is 16.5. The quantitative estimate of drug-likeness (QED) is 0.553. The molecule has 1 amide bonds. The summed E-state index contributed by atoms with van der Waals surface area (Å²) >= 11 is 0. The van der Waals surface area contributed by atoms with E-state index < -0.39 is 0 Å². The number of likely N-dealkylation sites (N-methyl/N-ethyl adjacent to an activating group) is 1. The van der Waals surface area contributed by atoms with Crippen LogP contribution >= 0.6 is 0 Å². The molecule has 2 heterocycles. The number of benzene rings is 1. The maximum absolute atomic E-state index is 12.4. The monoisotopic (exact) mass is 402 g/mol. The van der Waals surface area contributed by atoms with Gasteiger partial charge in [0.25, 0.3) is 12.4 Å². The molecule has 156 valence electrons.